The Morgan fingerprint density at radius 3 is 2.47 bits per heavy atom. The van der Waals surface area contributed by atoms with E-state index < -0.39 is 18.5 Å². The standard InChI is InChI=1S/C30H33N3O3/c1-21(2)14-15-33-22(3)16-26(23(33)4)18-27(19-31)30(35)36-20-29(34)32-28-13-9-8-12-25(28)17-24-10-6-5-7-11-24/h5-13,16,18,21H,14-15,17,20H2,1-4H3,(H,32,34). The monoisotopic (exact) mass is 483 g/mol. The Balaban J connectivity index is 1.63. The van der Waals surface area contributed by atoms with Crippen LogP contribution in [0.2, 0.25) is 0 Å². The molecule has 0 saturated heterocycles. The predicted octanol–water partition coefficient (Wildman–Crippen LogP) is 5.83. The molecule has 0 aliphatic carbocycles. The van der Waals surface area contributed by atoms with Crippen LogP contribution in [0, 0.1) is 31.1 Å². The Kier molecular flexibility index (Phi) is 9.24. The lowest BCUT2D eigenvalue weighted by Gasteiger charge is -2.12. The molecule has 186 valence electrons. The fourth-order valence-corrected chi connectivity index (χ4v) is 4.00. The first-order valence-corrected chi connectivity index (χ1v) is 12.2. The molecule has 0 fully saturated rings. The summed E-state index contributed by atoms with van der Waals surface area (Å²) in [5.41, 5.74) is 5.44. The second-order valence-corrected chi connectivity index (χ2v) is 9.27. The normalized spacial score (nSPS) is 11.3. The summed E-state index contributed by atoms with van der Waals surface area (Å²) in [5, 5.41) is 12.4. The van der Waals surface area contributed by atoms with E-state index in [1.165, 1.54) is 6.08 Å². The van der Waals surface area contributed by atoms with Crippen LogP contribution in [0.4, 0.5) is 5.69 Å². The molecule has 3 rings (SSSR count). The zero-order chi connectivity index (χ0) is 26.1. The van der Waals surface area contributed by atoms with Crippen molar-refractivity contribution in [3.8, 4) is 6.07 Å². The maximum absolute atomic E-state index is 12.6. The summed E-state index contributed by atoms with van der Waals surface area (Å²) >= 11 is 0. The predicted molar refractivity (Wildman–Crippen MR) is 142 cm³/mol. The van der Waals surface area contributed by atoms with Gasteiger partial charge in [-0.25, -0.2) is 4.79 Å². The molecule has 36 heavy (non-hydrogen) atoms. The lowest BCUT2D eigenvalue weighted by atomic mass is 10.0. The van der Waals surface area contributed by atoms with Crippen LogP contribution in [0.15, 0.2) is 66.2 Å². The van der Waals surface area contributed by atoms with Gasteiger partial charge in [0, 0.05) is 23.6 Å². The molecule has 0 radical (unpaired) electrons. The third-order valence-corrected chi connectivity index (χ3v) is 6.05. The van der Waals surface area contributed by atoms with E-state index in [9.17, 15) is 14.9 Å². The van der Waals surface area contributed by atoms with Crippen molar-refractivity contribution >= 4 is 23.6 Å². The van der Waals surface area contributed by atoms with E-state index in [0.717, 1.165) is 41.0 Å². The molecule has 0 unspecified atom stereocenters. The number of aromatic nitrogens is 1. The lowest BCUT2D eigenvalue weighted by molar-refractivity contribution is -0.142. The van der Waals surface area contributed by atoms with E-state index in [2.05, 4.69) is 23.7 Å². The summed E-state index contributed by atoms with van der Waals surface area (Å²) in [5.74, 6) is -0.712. The van der Waals surface area contributed by atoms with E-state index in [0.29, 0.717) is 18.0 Å². The maximum Gasteiger partial charge on any atom is 0.349 e. The number of esters is 1. The van der Waals surface area contributed by atoms with Crippen LogP contribution in [0.3, 0.4) is 0 Å². The van der Waals surface area contributed by atoms with E-state index in [-0.39, 0.29) is 5.57 Å². The number of carbonyl (C=O) groups excluding carboxylic acids is 2. The van der Waals surface area contributed by atoms with Crippen LogP contribution in [-0.2, 0) is 27.3 Å². The molecule has 0 bridgehead atoms. The summed E-state index contributed by atoms with van der Waals surface area (Å²) in [4.78, 5) is 25.1. The summed E-state index contributed by atoms with van der Waals surface area (Å²) in [6, 6.07) is 21.3. The summed E-state index contributed by atoms with van der Waals surface area (Å²) in [7, 11) is 0. The quantitative estimate of drug-likeness (QED) is 0.223. The molecular weight excluding hydrogens is 450 g/mol. The molecule has 0 aliphatic rings. The fraction of sp³-hybridized carbons (Fsp3) is 0.300. The van der Waals surface area contributed by atoms with Gasteiger partial charge < -0.3 is 14.6 Å². The van der Waals surface area contributed by atoms with Crippen LogP contribution in [0.1, 0.15) is 48.3 Å². The molecular formula is C30H33N3O3. The number of nitrogens with zero attached hydrogens (tertiary/aromatic N) is 2. The Morgan fingerprint density at radius 2 is 1.78 bits per heavy atom. The average molecular weight is 484 g/mol. The van der Waals surface area contributed by atoms with Gasteiger partial charge >= 0.3 is 5.97 Å². The topological polar surface area (TPSA) is 84.1 Å². The molecule has 0 aliphatic heterocycles. The molecule has 1 N–H and O–H groups in total. The van der Waals surface area contributed by atoms with Gasteiger partial charge in [0.05, 0.1) is 0 Å². The smallest absolute Gasteiger partial charge is 0.349 e. The van der Waals surface area contributed by atoms with Crippen molar-refractivity contribution in [1.82, 2.24) is 4.57 Å². The first-order chi connectivity index (χ1) is 17.3. The number of nitriles is 1. The number of rotatable bonds is 10. The number of amides is 1. The third kappa shape index (κ3) is 7.19. The molecule has 6 nitrogen and oxygen atoms in total. The van der Waals surface area contributed by atoms with Gasteiger partial charge in [-0.3, -0.25) is 4.79 Å². The van der Waals surface area contributed by atoms with Crippen molar-refractivity contribution in [2.24, 2.45) is 5.92 Å². The second kappa shape index (κ2) is 12.6. The summed E-state index contributed by atoms with van der Waals surface area (Å²) < 4.78 is 7.35. The van der Waals surface area contributed by atoms with Crippen molar-refractivity contribution in [3.05, 3.63) is 94.3 Å². The Labute approximate surface area is 213 Å². The average Bonchev–Trinajstić information content (AvgIpc) is 3.13. The van der Waals surface area contributed by atoms with E-state index in [1.807, 2.05) is 80.6 Å². The number of aryl methyl sites for hydroxylation is 1. The van der Waals surface area contributed by atoms with Crippen molar-refractivity contribution < 1.29 is 14.3 Å². The number of anilines is 1. The van der Waals surface area contributed by atoms with Crippen molar-refractivity contribution in [3.63, 3.8) is 0 Å². The molecule has 3 aromatic rings. The zero-order valence-electron chi connectivity index (χ0n) is 21.4. The number of para-hydroxylation sites is 1. The lowest BCUT2D eigenvalue weighted by Crippen LogP contribution is -2.22. The minimum absolute atomic E-state index is 0.142. The van der Waals surface area contributed by atoms with Gasteiger partial charge in [0.2, 0.25) is 0 Å². The van der Waals surface area contributed by atoms with Gasteiger partial charge in [0.15, 0.2) is 6.61 Å². The van der Waals surface area contributed by atoms with Crippen LogP contribution in [0.5, 0.6) is 0 Å². The fourth-order valence-electron chi connectivity index (χ4n) is 4.00. The molecule has 0 atom stereocenters. The first-order valence-electron chi connectivity index (χ1n) is 12.2. The summed E-state index contributed by atoms with van der Waals surface area (Å²) in [6.45, 7) is 8.73. The molecule has 0 saturated carbocycles. The van der Waals surface area contributed by atoms with Crippen molar-refractivity contribution in [2.75, 3.05) is 11.9 Å². The Bertz CT molecular complexity index is 1280. The molecule has 6 heteroatoms. The number of nitrogens with one attached hydrogen (secondary N) is 1. The second-order valence-electron chi connectivity index (χ2n) is 9.27. The molecule has 1 amide bonds. The van der Waals surface area contributed by atoms with E-state index in [1.54, 1.807) is 0 Å². The van der Waals surface area contributed by atoms with Crippen LogP contribution < -0.4 is 5.32 Å². The highest BCUT2D eigenvalue weighted by Gasteiger charge is 2.16. The van der Waals surface area contributed by atoms with Gasteiger partial charge in [-0.05, 0) is 67.5 Å². The molecule has 0 spiro atoms. The van der Waals surface area contributed by atoms with Crippen LogP contribution in [-0.4, -0.2) is 23.1 Å². The Morgan fingerprint density at radius 1 is 1.08 bits per heavy atom. The van der Waals surface area contributed by atoms with Gasteiger partial charge in [-0.2, -0.15) is 5.26 Å². The van der Waals surface area contributed by atoms with E-state index >= 15 is 0 Å². The highest BCUT2D eigenvalue weighted by atomic mass is 16.5. The number of benzene rings is 2. The largest absolute Gasteiger partial charge is 0.451 e. The van der Waals surface area contributed by atoms with Crippen molar-refractivity contribution in [1.29, 1.82) is 5.26 Å². The minimum Gasteiger partial charge on any atom is -0.451 e. The third-order valence-electron chi connectivity index (χ3n) is 6.05. The van der Waals surface area contributed by atoms with Crippen molar-refractivity contribution in [2.45, 2.75) is 47.1 Å². The van der Waals surface area contributed by atoms with Gasteiger partial charge in [0.25, 0.3) is 5.91 Å². The number of ether oxygens (including phenoxy) is 1. The SMILES string of the molecule is Cc1cc(C=C(C#N)C(=O)OCC(=O)Nc2ccccc2Cc2ccccc2)c(C)n1CCC(C)C. The number of hydrogen-bond acceptors (Lipinski definition) is 4. The number of carbonyl (C=O) groups is 2. The van der Waals surface area contributed by atoms with E-state index in [4.69, 9.17) is 4.74 Å². The highest BCUT2D eigenvalue weighted by molar-refractivity contribution is 6.00. The van der Waals surface area contributed by atoms with Crippen LogP contribution >= 0.6 is 0 Å². The Hall–Kier alpha value is -4.11. The van der Waals surface area contributed by atoms with Gasteiger partial charge in [-0.15, -0.1) is 0 Å². The van der Waals surface area contributed by atoms with Gasteiger partial charge in [0.1, 0.15) is 11.6 Å². The maximum atomic E-state index is 12.6. The number of hydrogen-bond donors (Lipinski definition) is 1. The summed E-state index contributed by atoms with van der Waals surface area (Å²) in [6.07, 6.45) is 3.23. The van der Waals surface area contributed by atoms with Gasteiger partial charge in [-0.1, -0.05) is 62.4 Å². The molecule has 1 aromatic heterocycles. The highest BCUT2D eigenvalue weighted by Crippen LogP contribution is 2.21. The molecule has 2 aromatic carbocycles. The zero-order valence-corrected chi connectivity index (χ0v) is 21.4. The van der Waals surface area contributed by atoms with Crippen LogP contribution in [0.25, 0.3) is 6.08 Å². The minimum atomic E-state index is -0.822. The molecule has 1 heterocycles. The first kappa shape index (κ1) is 26.5.